The van der Waals surface area contributed by atoms with E-state index in [1.165, 1.54) is 0 Å². The fourth-order valence-corrected chi connectivity index (χ4v) is 2.83. The van der Waals surface area contributed by atoms with E-state index in [2.05, 4.69) is 15.0 Å². The lowest BCUT2D eigenvalue weighted by Gasteiger charge is -2.28. The largest absolute Gasteiger partial charge is 0.494 e. The van der Waals surface area contributed by atoms with Crippen molar-refractivity contribution in [3.63, 3.8) is 0 Å². The third kappa shape index (κ3) is 3.91. The van der Waals surface area contributed by atoms with Gasteiger partial charge in [-0.2, -0.15) is 4.98 Å². The molecule has 0 unspecified atom stereocenters. The minimum atomic E-state index is -0.703. The van der Waals surface area contributed by atoms with Gasteiger partial charge in [0.15, 0.2) is 0 Å². The molecule has 0 bridgehead atoms. The van der Waals surface area contributed by atoms with E-state index in [0.29, 0.717) is 37.7 Å². The topological polar surface area (TPSA) is 88.7 Å². The van der Waals surface area contributed by atoms with Crippen LogP contribution in [0.3, 0.4) is 0 Å². The first-order valence-corrected chi connectivity index (χ1v) is 8.16. The van der Waals surface area contributed by atoms with Crippen LogP contribution in [-0.2, 0) is 11.3 Å². The van der Waals surface area contributed by atoms with Gasteiger partial charge in [0, 0.05) is 5.56 Å². The van der Waals surface area contributed by atoms with Crippen molar-refractivity contribution < 1.29 is 19.2 Å². The molecule has 1 fully saturated rings. The number of carboxylic acids is 1. The normalized spacial score (nSPS) is 16.2. The fraction of sp³-hybridized carbons (Fsp3) is 0.471. The van der Waals surface area contributed by atoms with Crippen LogP contribution < -0.4 is 4.74 Å². The van der Waals surface area contributed by atoms with Crippen molar-refractivity contribution in [2.75, 3.05) is 19.7 Å². The molecule has 0 aliphatic carbocycles. The van der Waals surface area contributed by atoms with Crippen LogP contribution in [0, 0.1) is 5.92 Å². The molecule has 24 heavy (non-hydrogen) atoms. The molecule has 0 atom stereocenters. The lowest BCUT2D eigenvalue weighted by atomic mass is 9.97. The number of piperidine rings is 1. The predicted molar refractivity (Wildman–Crippen MR) is 86.5 cm³/mol. The number of hydrogen-bond acceptors (Lipinski definition) is 6. The molecule has 7 heteroatoms. The molecular formula is C17H21N3O4. The van der Waals surface area contributed by atoms with Gasteiger partial charge in [-0.15, -0.1) is 0 Å². The second kappa shape index (κ2) is 7.44. The van der Waals surface area contributed by atoms with Gasteiger partial charge in [0.2, 0.25) is 11.7 Å². The minimum Gasteiger partial charge on any atom is -0.494 e. The van der Waals surface area contributed by atoms with E-state index in [0.717, 1.165) is 24.4 Å². The SMILES string of the molecule is CCOc1ccc(-c2noc(CN3CCC(C(=O)O)CC3)n2)cc1. The van der Waals surface area contributed by atoms with Gasteiger partial charge >= 0.3 is 5.97 Å². The zero-order valence-corrected chi connectivity index (χ0v) is 13.6. The average Bonchev–Trinajstić information content (AvgIpc) is 3.05. The van der Waals surface area contributed by atoms with Gasteiger partial charge in [-0.25, -0.2) is 0 Å². The Balaban J connectivity index is 1.58. The van der Waals surface area contributed by atoms with Gasteiger partial charge in [-0.1, -0.05) is 5.16 Å². The first kappa shape index (κ1) is 16.4. The monoisotopic (exact) mass is 331 g/mol. The van der Waals surface area contributed by atoms with Gasteiger partial charge in [0.1, 0.15) is 5.75 Å². The maximum Gasteiger partial charge on any atom is 0.306 e. The standard InChI is InChI=1S/C17H21N3O4/c1-2-23-14-5-3-12(4-6-14)16-18-15(24-19-16)11-20-9-7-13(8-10-20)17(21)22/h3-6,13H,2,7-11H2,1H3,(H,21,22). The molecule has 3 rings (SSSR count). The number of carboxylic acid groups (broad SMARTS) is 1. The van der Waals surface area contributed by atoms with Crippen molar-refractivity contribution in [2.45, 2.75) is 26.3 Å². The molecule has 1 aliphatic heterocycles. The molecule has 1 aromatic carbocycles. The first-order valence-electron chi connectivity index (χ1n) is 8.16. The van der Waals surface area contributed by atoms with Gasteiger partial charge in [-0.3, -0.25) is 9.69 Å². The van der Waals surface area contributed by atoms with Crippen LogP contribution in [0.2, 0.25) is 0 Å². The number of nitrogens with zero attached hydrogens (tertiary/aromatic N) is 3. The summed E-state index contributed by atoms with van der Waals surface area (Å²) in [5, 5.41) is 13.1. The molecule has 2 heterocycles. The van der Waals surface area contributed by atoms with E-state index in [4.69, 9.17) is 14.4 Å². The fourth-order valence-electron chi connectivity index (χ4n) is 2.83. The average molecular weight is 331 g/mol. The van der Waals surface area contributed by atoms with Crippen LogP contribution >= 0.6 is 0 Å². The number of hydrogen-bond donors (Lipinski definition) is 1. The summed E-state index contributed by atoms with van der Waals surface area (Å²) in [6.45, 7) is 4.59. The maximum atomic E-state index is 11.0. The van der Waals surface area contributed by atoms with E-state index < -0.39 is 5.97 Å². The second-order valence-electron chi connectivity index (χ2n) is 5.86. The smallest absolute Gasteiger partial charge is 0.306 e. The molecule has 0 amide bonds. The van der Waals surface area contributed by atoms with E-state index in [9.17, 15) is 4.79 Å². The lowest BCUT2D eigenvalue weighted by Crippen LogP contribution is -2.35. The Morgan fingerprint density at radius 1 is 1.33 bits per heavy atom. The van der Waals surface area contributed by atoms with Crippen LogP contribution in [0.15, 0.2) is 28.8 Å². The van der Waals surface area contributed by atoms with E-state index in [1.807, 2.05) is 31.2 Å². The van der Waals surface area contributed by atoms with Crippen molar-refractivity contribution in [2.24, 2.45) is 5.92 Å². The van der Waals surface area contributed by atoms with Gasteiger partial charge < -0.3 is 14.4 Å². The van der Waals surface area contributed by atoms with Crippen LogP contribution in [0.5, 0.6) is 5.75 Å². The summed E-state index contributed by atoms with van der Waals surface area (Å²) in [6, 6.07) is 7.56. The Hall–Kier alpha value is -2.41. The number of aromatic nitrogens is 2. The van der Waals surface area contributed by atoms with Crippen molar-refractivity contribution in [1.29, 1.82) is 0 Å². The summed E-state index contributed by atoms with van der Waals surface area (Å²) in [5.74, 6) is 0.973. The number of benzene rings is 1. The molecule has 1 aliphatic rings. The second-order valence-corrected chi connectivity index (χ2v) is 5.86. The summed E-state index contributed by atoms with van der Waals surface area (Å²) in [6.07, 6.45) is 1.32. The summed E-state index contributed by atoms with van der Waals surface area (Å²) in [7, 11) is 0. The van der Waals surface area contributed by atoms with Gasteiger partial charge in [0.05, 0.1) is 19.1 Å². The third-order valence-corrected chi connectivity index (χ3v) is 4.19. The zero-order chi connectivity index (χ0) is 16.9. The van der Waals surface area contributed by atoms with Crippen LogP contribution in [0.1, 0.15) is 25.7 Å². The molecule has 1 N–H and O–H groups in total. The predicted octanol–water partition coefficient (Wildman–Crippen LogP) is 2.43. The third-order valence-electron chi connectivity index (χ3n) is 4.19. The number of ether oxygens (including phenoxy) is 1. The number of likely N-dealkylation sites (tertiary alicyclic amines) is 1. The van der Waals surface area contributed by atoms with Crippen molar-refractivity contribution in [1.82, 2.24) is 15.0 Å². The van der Waals surface area contributed by atoms with E-state index >= 15 is 0 Å². The van der Waals surface area contributed by atoms with E-state index in [-0.39, 0.29) is 5.92 Å². The van der Waals surface area contributed by atoms with Crippen molar-refractivity contribution in [3.05, 3.63) is 30.2 Å². The van der Waals surface area contributed by atoms with Crippen molar-refractivity contribution in [3.8, 4) is 17.1 Å². The Morgan fingerprint density at radius 2 is 2.04 bits per heavy atom. The molecule has 1 aromatic heterocycles. The summed E-state index contributed by atoms with van der Waals surface area (Å²) < 4.78 is 10.7. The highest BCUT2D eigenvalue weighted by atomic mass is 16.5. The quantitative estimate of drug-likeness (QED) is 0.869. The minimum absolute atomic E-state index is 0.233. The molecular weight excluding hydrogens is 310 g/mol. The maximum absolute atomic E-state index is 11.0. The lowest BCUT2D eigenvalue weighted by molar-refractivity contribution is -0.143. The number of rotatable bonds is 6. The van der Waals surface area contributed by atoms with Crippen molar-refractivity contribution >= 4 is 5.97 Å². The summed E-state index contributed by atoms with van der Waals surface area (Å²) in [5.41, 5.74) is 0.873. The van der Waals surface area contributed by atoms with Gasteiger partial charge in [-0.05, 0) is 57.1 Å². The van der Waals surface area contributed by atoms with E-state index in [1.54, 1.807) is 0 Å². The Kier molecular flexibility index (Phi) is 5.10. The molecule has 2 aromatic rings. The highest BCUT2D eigenvalue weighted by Gasteiger charge is 2.25. The van der Waals surface area contributed by atoms with Gasteiger partial charge in [0.25, 0.3) is 0 Å². The molecule has 128 valence electrons. The Labute approximate surface area is 140 Å². The van der Waals surface area contributed by atoms with Crippen LogP contribution in [-0.4, -0.2) is 45.8 Å². The number of carbonyl (C=O) groups is 1. The zero-order valence-electron chi connectivity index (χ0n) is 13.6. The molecule has 0 radical (unpaired) electrons. The van der Waals surface area contributed by atoms with Crippen LogP contribution in [0.25, 0.3) is 11.4 Å². The number of aliphatic carboxylic acids is 1. The highest BCUT2D eigenvalue weighted by molar-refractivity contribution is 5.70. The summed E-state index contributed by atoms with van der Waals surface area (Å²) in [4.78, 5) is 17.6. The molecule has 0 saturated carbocycles. The Bertz CT molecular complexity index is 675. The van der Waals surface area contributed by atoms with Crippen LogP contribution in [0.4, 0.5) is 0 Å². The molecule has 7 nitrogen and oxygen atoms in total. The first-order chi connectivity index (χ1) is 11.7. The highest BCUT2D eigenvalue weighted by Crippen LogP contribution is 2.22. The molecule has 1 saturated heterocycles. The Morgan fingerprint density at radius 3 is 2.67 bits per heavy atom. The summed E-state index contributed by atoms with van der Waals surface area (Å²) >= 11 is 0. The molecule has 0 spiro atoms.